The molecule has 0 atom stereocenters. The largest absolute Gasteiger partial charge is 0.350 e. The van der Waals surface area contributed by atoms with Crippen LogP contribution in [0.2, 0.25) is 5.02 Å². The minimum absolute atomic E-state index is 0.132. The smallest absolute Gasteiger partial charge is 0.241 e. The molecule has 0 unspecified atom stereocenters. The highest BCUT2D eigenvalue weighted by Crippen LogP contribution is 2.28. The summed E-state index contributed by atoms with van der Waals surface area (Å²) >= 11 is 5.84. The first kappa shape index (κ1) is 20.3. The second kappa shape index (κ2) is 8.56. The van der Waals surface area contributed by atoms with Gasteiger partial charge in [0.05, 0.1) is 11.9 Å². The fourth-order valence-corrected chi connectivity index (χ4v) is 3.57. The minimum atomic E-state index is -3.60. The van der Waals surface area contributed by atoms with E-state index in [1.807, 2.05) is 38.1 Å². The summed E-state index contributed by atoms with van der Waals surface area (Å²) in [5.74, 6) is -0.239. The van der Waals surface area contributed by atoms with Crippen LogP contribution in [0.15, 0.2) is 48.5 Å². The number of carbonyl (C=O) groups is 1. The van der Waals surface area contributed by atoms with Crippen LogP contribution in [0.4, 0.5) is 5.69 Å². The van der Waals surface area contributed by atoms with Crippen LogP contribution < -0.4 is 9.62 Å². The Bertz CT molecular complexity index is 865. The van der Waals surface area contributed by atoms with Gasteiger partial charge < -0.3 is 5.32 Å². The highest BCUT2D eigenvalue weighted by Gasteiger charge is 2.23. The van der Waals surface area contributed by atoms with Gasteiger partial charge in [-0.1, -0.05) is 55.8 Å². The average Bonchev–Trinajstić information content (AvgIpc) is 2.58. The number of sulfonamides is 1. The molecule has 1 amide bonds. The van der Waals surface area contributed by atoms with Crippen molar-refractivity contribution in [1.29, 1.82) is 0 Å². The van der Waals surface area contributed by atoms with Crippen molar-refractivity contribution in [2.24, 2.45) is 0 Å². The Morgan fingerprint density at radius 2 is 1.73 bits per heavy atom. The van der Waals surface area contributed by atoms with E-state index in [1.165, 1.54) is 0 Å². The van der Waals surface area contributed by atoms with Gasteiger partial charge in [0.1, 0.15) is 6.54 Å². The van der Waals surface area contributed by atoms with Crippen LogP contribution in [0.3, 0.4) is 0 Å². The molecule has 0 aliphatic carbocycles. The van der Waals surface area contributed by atoms with Crippen molar-refractivity contribution in [3.63, 3.8) is 0 Å². The number of halogens is 1. The molecule has 2 rings (SSSR count). The van der Waals surface area contributed by atoms with E-state index in [0.717, 1.165) is 21.7 Å². The Balaban J connectivity index is 2.16. The van der Waals surface area contributed by atoms with Crippen molar-refractivity contribution in [3.05, 3.63) is 64.7 Å². The van der Waals surface area contributed by atoms with Crippen LogP contribution in [-0.2, 0) is 21.4 Å². The van der Waals surface area contributed by atoms with Crippen molar-refractivity contribution in [2.75, 3.05) is 17.1 Å². The van der Waals surface area contributed by atoms with Gasteiger partial charge in [0.15, 0.2) is 0 Å². The maximum atomic E-state index is 12.4. The first-order valence-electron chi connectivity index (χ1n) is 8.26. The monoisotopic (exact) mass is 394 g/mol. The van der Waals surface area contributed by atoms with E-state index in [-0.39, 0.29) is 18.4 Å². The molecule has 0 aliphatic heterocycles. The standard InChI is InChI=1S/C19H23ClN2O3S/c1-14(2)17-6-4-5-7-18(17)22(26(3,24)25)13-19(23)21-12-15-8-10-16(20)11-9-15/h4-11,14H,12-13H2,1-3H3,(H,21,23). The maximum absolute atomic E-state index is 12.4. The number of nitrogens with zero attached hydrogens (tertiary/aromatic N) is 1. The Kier molecular flexibility index (Phi) is 6.67. The lowest BCUT2D eigenvalue weighted by atomic mass is 10.0. The highest BCUT2D eigenvalue weighted by molar-refractivity contribution is 7.92. The van der Waals surface area contributed by atoms with Gasteiger partial charge in [-0.3, -0.25) is 9.10 Å². The molecule has 2 aromatic rings. The molecule has 7 heteroatoms. The molecule has 26 heavy (non-hydrogen) atoms. The van der Waals surface area contributed by atoms with Gasteiger partial charge in [0.25, 0.3) is 0 Å². The number of para-hydroxylation sites is 1. The van der Waals surface area contributed by atoms with Gasteiger partial charge in [-0.15, -0.1) is 0 Å². The summed E-state index contributed by atoms with van der Waals surface area (Å²) in [6, 6.07) is 14.3. The lowest BCUT2D eigenvalue weighted by molar-refractivity contribution is -0.119. The molecular formula is C19H23ClN2O3S. The average molecular weight is 395 g/mol. The normalized spacial score (nSPS) is 11.4. The van der Waals surface area contributed by atoms with E-state index in [2.05, 4.69) is 5.32 Å². The molecule has 5 nitrogen and oxygen atoms in total. The van der Waals surface area contributed by atoms with Gasteiger partial charge >= 0.3 is 0 Å². The molecule has 0 aromatic heterocycles. The van der Waals surface area contributed by atoms with E-state index in [9.17, 15) is 13.2 Å². The molecule has 0 saturated heterocycles. The molecule has 0 bridgehead atoms. The Morgan fingerprint density at radius 1 is 1.12 bits per heavy atom. The van der Waals surface area contributed by atoms with Crippen LogP contribution in [0.25, 0.3) is 0 Å². The van der Waals surface area contributed by atoms with Gasteiger partial charge in [0.2, 0.25) is 15.9 Å². The number of rotatable bonds is 7. The Labute approximate surface area is 160 Å². The predicted molar refractivity (Wildman–Crippen MR) is 106 cm³/mol. The number of benzene rings is 2. The number of nitrogens with one attached hydrogen (secondary N) is 1. The third kappa shape index (κ3) is 5.47. The van der Waals surface area contributed by atoms with Gasteiger partial charge in [0, 0.05) is 11.6 Å². The molecule has 0 heterocycles. The molecule has 2 aromatic carbocycles. The molecule has 140 valence electrons. The fourth-order valence-electron chi connectivity index (χ4n) is 2.57. The second-order valence-electron chi connectivity index (χ2n) is 6.39. The summed E-state index contributed by atoms with van der Waals surface area (Å²) in [6.07, 6.45) is 1.11. The third-order valence-electron chi connectivity index (χ3n) is 3.92. The summed E-state index contributed by atoms with van der Waals surface area (Å²) in [5.41, 5.74) is 2.30. The molecule has 0 aliphatic rings. The maximum Gasteiger partial charge on any atom is 0.241 e. The molecule has 0 radical (unpaired) electrons. The highest BCUT2D eigenvalue weighted by atomic mass is 35.5. The lowest BCUT2D eigenvalue weighted by Gasteiger charge is -2.25. The Hall–Kier alpha value is -2.05. The van der Waals surface area contributed by atoms with E-state index in [0.29, 0.717) is 17.3 Å². The summed E-state index contributed by atoms with van der Waals surface area (Å²) in [6.45, 7) is 4.01. The van der Waals surface area contributed by atoms with Crippen molar-refractivity contribution in [3.8, 4) is 0 Å². The van der Waals surface area contributed by atoms with E-state index in [4.69, 9.17) is 11.6 Å². The van der Waals surface area contributed by atoms with Crippen molar-refractivity contribution >= 4 is 33.2 Å². The van der Waals surface area contributed by atoms with Gasteiger partial charge in [-0.05, 0) is 35.2 Å². The molecule has 0 saturated carbocycles. The number of carbonyl (C=O) groups excluding carboxylic acids is 1. The van der Waals surface area contributed by atoms with Crippen molar-refractivity contribution in [2.45, 2.75) is 26.3 Å². The number of hydrogen-bond acceptors (Lipinski definition) is 3. The quantitative estimate of drug-likeness (QED) is 0.780. The van der Waals surface area contributed by atoms with Crippen LogP contribution in [0.1, 0.15) is 30.9 Å². The summed E-state index contributed by atoms with van der Waals surface area (Å²) in [7, 11) is -3.60. The van der Waals surface area contributed by atoms with E-state index in [1.54, 1.807) is 24.3 Å². The van der Waals surface area contributed by atoms with E-state index < -0.39 is 10.0 Å². The van der Waals surface area contributed by atoms with Crippen LogP contribution in [0.5, 0.6) is 0 Å². The molecule has 0 spiro atoms. The molecule has 0 fully saturated rings. The first-order valence-corrected chi connectivity index (χ1v) is 10.5. The van der Waals surface area contributed by atoms with Gasteiger partial charge in [-0.2, -0.15) is 0 Å². The lowest BCUT2D eigenvalue weighted by Crippen LogP contribution is -2.40. The summed E-state index contributed by atoms with van der Waals surface area (Å²) < 4.78 is 25.7. The zero-order valence-electron chi connectivity index (χ0n) is 15.1. The Morgan fingerprint density at radius 3 is 2.31 bits per heavy atom. The van der Waals surface area contributed by atoms with E-state index >= 15 is 0 Å². The second-order valence-corrected chi connectivity index (χ2v) is 8.73. The number of amides is 1. The van der Waals surface area contributed by atoms with Crippen LogP contribution >= 0.6 is 11.6 Å². The number of anilines is 1. The third-order valence-corrected chi connectivity index (χ3v) is 5.30. The zero-order chi connectivity index (χ0) is 19.3. The minimum Gasteiger partial charge on any atom is -0.350 e. The summed E-state index contributed by atoms with van der Waals surface area (Å²) in [4.78, 5) is 12.4. The van der Waals surface area contributed by atoms with Gasteiger partial charge in [-0.25, -0.2) is 8.42 Å². The SMILES string of the molecule is CC(C)c1ccccc1N(CC(=O)NCc1ccc(Cl)cc1)S(C)(=O)=O. The number of hydrogen-bond donors (Lipinski definition) is 1. The predicted octanol–water partition coefficient (Wildman–Crippen LogP) is 3.55. The molecule has 1 N–H and O–H groups in total. The van der Waals surface area contributed by atoms with Crippen molar-refractivity contribution in [1.82, 2.24) is 5.32 Å². The van der Waals surface area contributed by atoms with Crippen molar-refractivity contribution < 1.29 is 13.2 Å². The van der Waals surface area contributed by atoms with Crippen LogP contribution in [-0.4, -0.2) is 27.1 Å². The zero-order valence-corrected chi connectivity index (χ0v) is 16.6. The summed E-state index contributed by atoms with van der Waals surface area (Å²) in [5, 5.41) is 3.37. The topological polar surface area (TPSA) is 66.5 Å². The fraction of sp³-hybridized carbons (Fsp3) is 0.316. The molecular weight excluding hydrogens is 372 g/mol. The van der Waals surface area contributed by atoms with Crippen LogP contribution in [0, 0.1) is 0 Å². The first-order chi connectivity index (χ1) is 12.2.